The van der Waals surface area contributed by atoms with E-state index in [1.54, 1.807) is 20.4 Å². The lowest BCUT2D eigenvalue weighted by molar-refractivity contribution is 0.0689. The minimum Gasteiger partial charge on any atom is -0.467 e. The average Bonchev–Trinajstić information content (AvgIpc) is 2.98. The Kier molecular flexibility index (Phi) is 9.34. The van der Waals surface area contributed by atoms with Gasteiger partial charge in [0.25, 0.3) is 0 Å². The van der Waals surface area contributed by atoms with Crippen molar-refractivity contribution < 1.29 is 13.9 Å². The molecule has 0 atom stereocenters. The molecule has 0 amide bonds. The van der Waals surface area contributed by atoms with Crippen molar-refractivity contribution in [1.29, 1.82) is 0 Å². The van der Waals surface area contributed by atoms with Gasteiger partial charge in [-0.3, -0.25) is 4.99 Å². The Labute approximate surface area is 120 Å². The Morgan fingerprint density at radius 3 is 2.85 bits per heavy atom. The molecular formula is C14H25N3O3. The number of hydrogen-bond donors (Lipinski definition) is 2. The molecule has 1 heterocycles. The Hall–Kier alpha value is -1.53. The van der Waals surface area contributed by atoms with Gasteiger partial charge in [0, 0.05) is 27.3 Å². The maximum Gasteiger partial charge on any atom is 0.191 e. The van der Waals surface area contributed by atoms with Crippen LogP contribution in [0.2, 0.25) is 0 Å². The zero-order valence-corrected chi connectivity index (χ0v) is 12.4. The van der Waals surface area contributed by atoms with E-state index in [9.17, 15) is 0 Å². The van der Waals surface area contributed by atoms with E-state index in [0.29, 0.717) is 19.8 Å². The summed E-state index contributed by atoms with van der Waals surface area (Å²) in [5.41, 5.74) is 0. The summed E-state index contributed by atoms with van der Waals surface area (Å²) in [7, 11) is 3.43. The summed E-state index contributed by atoms with van der Waals surface area (Å²) in [5.74, 6) is 1.67. The van der Waals surface area contributed by atoms with Crippen LogP contribution in [0.25, 0.3) is 0 Å². The van der Waals surface area contributed by atoms with Gasteiger partial charge in [-0.15, -0.1) is 0 Å². The molecule has 6 nitrogen and oxygen atoms in total. The highest BCUT2D eigenvalue weighted by Crippen LogP contribution is 1.98. The molecule has 0 aromatic carbocycles. The molecule has 1 aromatic heterocycles. The van der Waals surface area contributed by atoms with Crippen LogP contribution in [0, 0.1) is 0 Å². The first-order valence-electron chi connectivity index (χ1n) is 6.90. The predicted molar refractivity (Wildman–Crippen MR) is 78.8 cm³/mol. The summed E-state index contributed by atoms with van der Waals surface area (Å²) >= 11 is 0. The summed E-state index contributed by atoms with van der Waals surface area (Å²) in [6.07, 6.45) is 3.72. The third-order valence-electron chi connectivity index (χ3n) is 2.67. The zero-order chi connectivity index (χ0) is 14.5. The van der Waals surface area contributed by atoms with Crippen molar-refractivity contribution in [3.8, 4) is 0 Å². The van der Waals surface area contributed by atoms with Crippen LogP contribution in [0.5, 0.6) is 0 Å². The highest BCUT2D eigenvalue weighted by atomic mass is 16.5. The molecule has 0 saturated carbocycles. The molecular weight excluding hydrogens is 258 g/mol. The van der Waals surface area contributed by atoms with Crippen LogP contribution in [0.1, 0.15) is 18.6 Å². The van der Waals surface area contributed by atoms with Crippen LogP contribution in [0.4, 0.5) is 0 Å². The Balaban J connectivity index is 1.98. The zero-order valence-electron chi connectivity index (χ0n) is 12.4. The van der Waals surface area contributed by atoms with Gasteiger partial charge >= 0.3 is 0 Å². The van der Waals surface area contributed by atoms with E-state index in [4.69, 9.17) is 13.9 Å². The number of methoxy groups -OCH3 is 1. The van der Waals surface area contributed by atoms with Crippen LogP contribution in [-0.4, -0.2) is 46.5 Å². The van der Waals surface area contributed by atoms with Crippen molar-refractivity contribution in [2.45, 2.75) is 19.4 Å². The van der Waals surface area contributed by atoms with Crippen LogP contribution < -0.4 is 10.6 Å². The van der Waals surface area contributed by atoms with E-state index in [2.05, 4.69) is 15.6 Å². The van der Waals surface area contributed by atoms with E-state index in [1.165, 1.54) is 0 Å². The van der Waals surface area contributed by atoms with Crippen LogP contribution in [-0.2, 0) is 16.0 Å². The molecule has 0 unspecified atom stereocenters. The number of guanidine groups is 1. The first-order valence-corrected chi connectivity index (χ1v) is 6.90. The normalized spacial score (nSPS) is 11.6. The molecule has 0 radical (unpaired) electrons. The van der Waals surface area contributed by atoms with Gasteiger partial charge < -0.3 is 24.5 Å². The maximum atomic E-state index is 5.39. The molecule has 114 valence electrons. The fourth-order valence-electron chi connectivity index (χ4n) is 1.58. The fourth-order valence-corrected chi connectivity index (χ4v) is 1.58. The summed E-state index contributed by atoms with van der Waals surface area (Å²) in [6.45, 7) is 3.58. The monoisotopic (exact) mass is 283 g/mol. The van der Waals surface area contributed by atoms with E-state index in [1.807, 2.05) is 12.1 Å². The van der Waals surface area contributed by atoms with Crippen LogP contribution >= 0.6 is 0 Å². The quantitative estimate of drug-likeness (QED) is 0.386. The van der Waals surface area contributed by atoms with E-state index < -0.39 is 0 Å². The van der Waals surface area contributed by atoms with Gasteiger partial charge in [-0.05, 0) is 25.0 Å². The number of unbranched alkanes of at least 4 members (excludes halogenated alkanes) is 1. The molecule has 6 heteroatoms. The molecule has 0 spiro atoms. The second-order valence-corrected chi connectivity index (χ2v) is 4.24. The number of nitrogens with zero attached hydrogens (tertiary/aromatic N) is 1. The number of nitrogens with one attached hydrogen (secondary N) is 2. The summed E-state index contributed by atoms with van der Waals surface area (Å²) < 4.78 is 15.5. The largest absolute Gasteiger partial charge is 0.467 e. The third kappa shape index (κ3) is 7.81. The van der Waals surface area contributed by atoms with Gasteiger partial charge in [0.1, 0.15) is 5.76 Å². The highest BCUT2D eigenvalue weighted by molar-refractivity contribution is 5.79. The predicted octanol–water partition coefficient (Wildman–Crippen LogP) is 1.39. The van der Waals surface area contributed by atoms with Gasteiger partial charge in [0.2, 0.25) is 0 Å². The molecule has 0 saturated heterocycles. The van der Waals surface area contributed by atoms with E-state index >= 15 is 0 Å². The standard InChI is InChI=1S/C14H25N3O3/c1-15-14(17-12-13-6-5-9-20-13)16-7-3-4-8-19-11-10-18-2/h5-6,9H,3-4,7-8,10-12H2,1-2H3,(H2,15,16,17). The van der Waals surface area contributed by atoms with Crippen molar-refractivity contribution in [3.63, 3.8) is 0 Å². The molecule has 0 aliphatic rings. The molecule has 0 bridgehead atoms. The molecule has 0 aliphatic carbocycles. The first kappa shape index (κ1) is 16.5. The number of furan rings is 1. The van der Waals surface area contributed by atoms with Crippen molar-refractivity contribution in [2.75, 3.05) is 40.5 Å². The second-order valence-electron chi connectivity index (χ2n) is 4.24. The lowest BCUT2D eigenvalue weighted by Gasteiger charge is -2.10. The minimum absolute atomic E-state index is 0.632. The van der Waals surface area contributed by atoms with Crippen LogP contribution in [0.15, 0.2) is 27.8 Å². The Bertz CT molecular complexity index is 353. The van der Waals surface area contributed by atoms with Crippen molar-refractivity contribution in [2.24, 2.45) is 4.99 Å². The van der Waals surface area contributed by atoms with Gasteiger partial charge in [-0.2, -0.15) is 0 Å². The topological polar surface area (TPSA) is 68.0 Å². The number of rotatable bonds is 10. The van der Waals surface area contributed by atoms with Gasteiger partial charge in [0.15, 0.2) is 5.96 Å². The number of ether oxygens (including phenoxy) is 2. The summed E-state index contributed by atoms with van der Waals surface area (Å²) in [6, 6.07) is 3.80. The van der Waals surface area contributed by atoms with E-state index in [-0.39, 0.29) is 0 Å². The smallest absolute Gasteiger partial charge is 0.191 e. The second kappa shape index (κ2) is 11.3. The molecule has 20 heavy (non-hydrogen) atoms. The lowest BCUT2D eigenvalue weighted by atomic mass is 10.3. The lowest BCUT2D eigenvalue weighted by Crippen LogP contribution is -2.37. The Morgan fingerprint density at radius 2 is 2.15 bits per heavy atom. The van der Waals surface area contributed by atoms with Gasteiger partial charge in [-0.1, -0.05) is 0 Å². The van der Waals surface area contributed by atoms with E-state index in [0.717, 1.165) is 37.7 Å². The maximum absolute atomic E-state index is 5.39. The van der Waals surface area contributed by atoms with Gasteiger partial charge in [-0.25, -0.2) is 0 Å². The summed E-state index contributed by atoms with van der Waals surface area (Å²) in [4.78, 5) is 4.15. The average molecular weight is 283 g/mol. The number of aliphatic imine (C=N–C) groups is 1. The SMILES string of the molecule is CN=C(NCCCCOCCOC)NCc1ccco1. The Morgan fingerprint density at radius 1 is 1.25 bits per heavy atom. The molecule has 0 fully saturated rings. The minimum atomic E-state index is 0.632. The molecule has 1 aromatic rings. The molecule has 1 rings (SSSR count). The number of hydrogen-bond acceptors (Lipinski definition) is 4. The third-order valence-corrected chi connectivity index (χ3v) is 2.67. The van der Waals surface area contributed by atoms with Crippen molar-refractivity contribution in [1.82, 2.24) is 10.6 Å². The highest BCUT2D eigenvalue weighted by Gasteiger charge is 1.99. The van der Waals surface area contributed by atoms with Crippen LogP contribution in [0.3, 0.4) is 0 Å². The molecule has 0 aliphatic heterocycles. The fraction of sp³-hybridized carbons (Fsp3) is 0.643. The summed E-state index contributed by atoms with van der Waals surface area (Å²) in [5, 5.41) is 6.44. The molecule has 2 N–H and O–H groups in total. The first-order chi connectivity index (χ1) is 9.86. The van der Waals surface area contributed by atoms with Crippen molar-refractivity contribution in [3.05, 3.63) is 24.2 Å². The van der Waals surface area contributed by atoms with Gasteiger partial charge in [0.05, 0.1) is 26.0 Å². The van der Waals surface area contributed by atoms with Crippen molar-refractivity contribution >= 4 is 5.96 Å².